The van der Waals surface area contributed by atoms with Gasteiger partial charge in [-0.15, -0.1) is 0 Å². The lowest BCUT2D eigenvalue weighted by Crippen LogP contribution is -2.59. The Kier molecular flexibility index (Phi) is 6.02. The van der Waals surface area contributed by atoms with Crippen LogP contribution < -0.4 is 11.1 Å². The van der Waals surface area contributed by atoms with Crippen molar-refractivity contribution in [2.75, 3.05) is 6.54 Å². The van der Waals surface area contributed by atoms with E-state index in [-0.39, 0.29) is 16.8 Å². The Morgan fingerprint density at radius 2 is 1.66 bits per heavy atom. The number of carbonyl (C=O) groups is 1. The number of hydrogen-bond acceptors (Lipinski definition) is 3. The fourth-order valence-corrected chi connectivity index (χ4v) is 3.45. The zero-order valence-electron chi connectivity index (χ0n) is 16.0. The summed E-state index contributed by atoms with van der Waals surface area (Å²) < 4.78 is 107. The summed E-state index contributed by atoms with van der Waals surface area (Å²) in [4.78, 5) is 16.3. The van der Waals surface area contributed by atoms with E-state index >= 15 is 0 Å². The molecule has 1 aromatic carbocycles. The van der Waals surface area contributed by atoms with E-state index in [4.69, 9.17) is 5.73 Å². The van der Waals surface area contributed by atoms with E-state index in [1.807, 2.05) is 5.32 Å². The molecule has 3 rings (SSSR count). The van der Waals surface area contributed by atoms with Crippen LogP contribution in [0.3, 0.4) is 0 Å². The Morgan fingerprint density at radius 1 is 1.03 bits per heavy atom. The van der Waals surface area contributed by atoms with Crippen LogP contribution in [-0.4, -0.2) is 23.6 Å². The predicted octanol–water partition coefficient (Wildman–Crippen LogP) is 4.73. The molecule has 1 unspecified atom stereocenters. The number of aromatic nitrogens is 1. The highest BCUT2D eigenvalue weighted by Gasteiger charge is 2.59. The van der Waals surface area contributed by atoms with Crippen LogP contribution in [0.25, 0.3) is 5.57 Å². The predicted molar refractivity (Wildman–Crippen MR) is 97.1 cm³/mol. The Balaban J connectivity index is 2.15. The van der Waals surface area contributed by atoms with E-state index in [1.54, 1.807) is 0 Å². The Labute approximate surface area is 176 Å². The van der Waals surface area contributed by atoms with Gasteiger partial charge in [-0.1, -0.05) is 12.1 Å². The second-order valence-corrected chi connectivity index (χ2v) is 7.05. The molecule has 0 saturated carbocycles. The average molecular weight is 465 g/mol. The number of rotatable bonds is 4. The van der Waals surface area contributed by atoms with Crippen LogP contribution in [0, 0.1) is 0 Å². The van der Waals surface area contributed by atoms with Crippen LogP contribution in [0.4, 0.5) is 35.1 Å². The molecule has 1 aromatic heterocycles. The number of hydrogen-bond donors (Lipinski definition) is 2. The molecule has 0 bridgehead atoms. The third-order valence-corrected chi connectivity index (χ3v) is 5.15. The van der Waals surface area contributed by atoms with Gasteiger partial charge in [-0.25, -0.2) is 8.78 Å². The summed E-state index contributed by atoms with van der Waals surface area (Å²) in [7, 11) is 0. The van der Waals surface area contributed by atoms with Gasteiger partial charge in [-0.3, -0.25) is 9.78 Å². The molecular formula is C20H15F8N3O. The maximum absolute atomic E-state index is 14.3. The summed E-state index contributed by atoms with van der Waals surface area (Å²) in [6.45, 7) is -0.472. The maximum atomic E-state index is 14.3. The zero-order chi connectivity index (χ0) is 23.9. The van der Waals surface area contributed by atoms with Crippen molar-refractivity contribution in [2.45, 2.75) is 30.7 Å². The molecule has 2 heterocycles. The van der Waals surface area contributed by atoms with Crippen molar-refractivity contribution in [3.63, 3.8) is 0 Å². The van der Waals surface area contributed by atoms with E-state index < -0.39 is 59.9 Å². The molecule has 0 saturated heterocycles. The van der Waals surface area contributed by atoms with Gasteiger partial charge in [-0.05, 0) is 35.4 Å². The standard InChI is InChI=1S/C20H15F8N3O/c21-16(22)10-1-6-15(30-9-10)13-7-18(20(26,27)28,31-17(32)14(13)8-29)11-2-4-12(5-3-11)19(23,24)25/h1-6,9,16H,7-8,29H2,(H,31,32). The van der Waals surface area contributed by atoms with Gasteiger partial charge in [0.15, 0.2) is 5.54 Å². The van der Waals surface area contributed by atoms with E-state index in [0.29, 0.717) is 24.3 Å². The van der Waals surface area contributed by atoms with Gasteiger partial charge >= 0.3 is 12.4 Å². The van der Waals surface area contributed by atoms with E-state index in [2.05, 4.69) is 4.98 Å². The fraction of sp³-hybridized carbons (Fsp3) is 0.300. The second kappa shape index (κ2) is 8.15. The number of amides is 1. The van der Waals surface area contributed by atoms with Crippen LogP contribution in [-0.2, 0) is 16.5 Å². The topological polar surface area (TPSA) is 68.0 Å². The number of alkyl halides is 8. The molecule has 0 aliphatic carbocycles. The fourth-order valence-electron chi connectivity index (χ4n) is 3.45. The number of pyridine rings is 1. The van der Waals surface area contributed by atoms with Crippen molar-refractivity contribution in [2.24, 2.45) is 5.73 Å². The highest BCUT2D eigenvalue weighted by molar-refractivity contribution is 6.04. The molecule has 0 spiro atoms. The molecule has 12 heteroatoms. The third kappa shape index (κ3) is 4.18. The SMILES string of the molecule is NCC1=C(c2ccc(C(F)F)cn2)CC(c2ccc(C(F)(F)F)cc2)(C(F)(F)F)NC1=O. The van der Waals surface area contributed by atoms with Gasteiger partial charge < -0.3 is 11.1 Å². The summed E-state index contributed by atoms with van der Waals surface area (Å²) in [5.41, 5.74) is -0.483. The maximum Gasteiger partial charge on any atom is 0.416 e. The lowest BCUT2D eigenvalue weighted by molar-refractivity contribution is -0.201. The number of nitrogens with two attached hydrogens (primary N) is 1. The van der Waals surface area contributed by atoms with Crippen molar-refractivity contribution >= 4 is 11.5 Å². The van der Waals surface area contributed by atoms with Crippen molar-refractivity contribution < 1.29 is 39.9 Å². The first-order chi connectivity index (χ1) is 14.8. The number of nitrogens with one attached hydrogen (secondary N) is 1. The minimum absolute atomic E-state index is 0.176. The van der Waals surface area contributed by atoms with Gasteiger partial charge in [0.05, 0.1) is 11.3 Å². The molecule has 0 radical (unpaired) electrons. The molecule has 1 aliphatic rings. The Bertz CT molecular complexity index is 1030. The smallest absolute Gasteiger partial charge is 0.334 e. The van der Waals surface area contributed by atoms with Crippen molar-refractivity contribution in [1.29, 1.82) is 0 Å². The molecule has 172 valence electrons. The summed E-state index contributed by atoms with van der Waals surface area (Å²) in [6, 6.07) is 4.22. The molecular weight excluding hydrogens is 450 g/mol. The second-order valence-electron chi connectivity index (χ2n) is 7.05. The molecule has 3 N–H and O–H groups in total. The highest BCUT2D eigenvalue weighted by atomic mass is 19.4. The largest absolute Gasteiger partial charge is 0.416 e. The minimum atomic E-state index is -5.13. The molecule has 32 heavy (non-hydrogen) atoms. The molecule has 4 nitrogen and oxygen atoms in total. The average Bonchev–Trinajstić information content (AvgIpc) is 2.71. The Hall–Kier alpha value is -3.02. The van der Waals surface area contributed by atoms with Gasteiger partial charge in [-0.2, -0.15) is 26.3 Å². The molecule has 1 aliphatic heterocycles. The summed E-state index contributed by atoms with van der Waals surface area (Å²) in [5.74, 6) is -1.19. The van der Waals surface area contributed by atoms with Crippen LogP contribution in [0.1, 0.15) is 35.2 Å². The molecule has 0 fully saturated rings. The molecule has 2 aromatic rings. The monoisotopic (exact) mass is 465 g/mol. The summed E-state index contributed by atoms with van der Waals surface area (Å²) in [6.07, 6.45) is -12.9. The van der Waals surface area contributed by atoms with Gasteiger partial charge in [0.1, 0.15) is 0 Å². The normalized spacial score (nSPS) is 20.0. The number of nitrogens with zero attached hydrogens (tertiary/aromatic N) is 1. The minimum Gasteiger partial charge on any atom is -0.334 e. The molecule has 1 amide bonds. The number of benzene rings is 1. The van der Waals surface area contributed by atoms with Crippen LogP contribution in [0.15, 0.2) is 48.2 Å². The lowest BCUT2D eigenvalue weighted by Gasteiger charge is -2.41. The Morgan fingerprint density at radius 3 is 2.09 bits per heavy atom. The van der Waals surface area contributed by atoms with Gasteiger partial charge in [0.2, 0.25) is 5.91 Å². The third-order valence-electron chi connectivity index (χ3n) is 5.15. The quantitative estimate of drug-likeness (QED) is 0.642. The zero-order valence-corrected chi connectivity index (χ0v) is 16.0. The molecule has 1 atom stereocenters. The number of carbonyl (C=O) groups excluding carboxylic acids is 1. The lowest BCUT2D eigenvalue weighted by atomic mass is 9.77. The van der Waals surface area contributed by atoms with Crippen LogP contribution in [0.2, 0.25) is 0 Å². The first kappa shape index (κ1) is 23.6. The summed E-state index contributed by atoms with van der Waals surface area (Å²) in [5, 5.41) is 1.84. The van der Waals surface area contributed by atoms with E-state index in [0.717, 1.165) is 18.3 Å². The van der Waals surface area contributed by atoms with Crippen molar-refractivity contribution in [3.8, 4) is 0 Å². The number of halogens is 8. The van der Waals surface area contributed by atoms with Crippen molar-refractivity contribution in [3.05, 3.63) is 70.6 Å². The highest BCUT2D eigenvalue weighted by Crippen LogP contribution is 2.48. The van der Waals surface area contributed by atoms with Gasteiger partial charge in [0.25, 0.3) is 6.43 Å². The van der Waals surface area contributed by atoms with Gasteiger partial charge in [0, 0.05) is 30.3 Å². The first-order valence-corrected chi connectivity index (χ1v) is 9.03. The van der Waals surface area contributed by atoms with Crippen LogP contribution >= 0.6 is 0 Å². The summed E-state index contributed by atoms with van der Waals surface area (Å²) >= 11 is 0. The van der Waals surface area contributed by atoms with E-state index in [1.165, 1.54) is 0 Å². The van der Waals surface area contributed by atoms with Crippen LogP contribution in [0.5, 0.6) is 0 Å². The van der Waals surface area contributed by atoms with E-state index in [9.17, 15) is 39.9 Å². The first-order valence-electron chi connectivity index (χ1n) is 9.03. The van der Waals surface area contributed by atoms with Crippen molar-refractivity contribution in [1.82, 2.24) is 10.3 Å².